The van der Waals surface area contributed by atoms with Gasteiger partial charge in [0.05, 0.1) is 0 Å². The van der Waals surface area contributed by atoms with Crippen molar-refractivity contribution < 1.29 is 0 Å². The van der Waals surface area contributed by atoms with E-state index in [0.717, 1.165) is 19.6 Å². The summed E-state index contributed by atoms with van der Waals surface area (Å²) in [4.78, 5) is 2.40. The third kappa shape index (κ3) is 5.23. The number of nitrogens with one attached hydrogen (secondary N) is 1. The smallest absolute Gasteiger partial charge is 0.0359 e. The number of hydrogen-bond donors (Lipinski definition) is 1. The predicted molar refractivity (Wildman–Crippen MR) is 78.8 cm³/mol. The summed E-state index contributed by atoms with van der Waals surface area (Å²) in [6.07, 6.45) is 4.68. The molecular weight excluding hydrogens is 222 g/mol. The first-order chi connectivity index (χ1) is 8.65. The Bertz CT molecular complexity index is 317. The highest BCUT2D eigenvalue weighted by atomic mass is 15.1. The molecule has 1 aromatic heterocycles. The first-order valence-corrected chi connectivity index (χ1v) is 7.20. The van der Waals surface area contributed by atoms with Gasteiger partial charge < -0.3 is 14.8 Å². The molecular formula is C15H29N3. The van der Waals surface area contributed by atoms with Crippen LogP contribution < -0.4 is 5.32 Å². The highest BCUT2D eigenvalue weighted by Crippen LogP contribution is 2.02. The molecule has 3 nitrogen and oxygen atoms in total. The van der Waals surface area contributed by atoms with Crippen molar-refractivity contribution in [1.29, 1.82) is 0 Å². The van der Waals surface area contributed by atoms with Crippen molar-refractivity contribution in [3.63, 3.8) is 0 Å². The summed E-state index contributed by atoms with van der Waals surface area (Å²) in [6.45, 7) is 11.0. The molecule has 0 saturated heterocycles. The molecule has 1 rings (SSSR count). The predicted octanol–water partition coefficient (Wildman–Crippen LogP) is 2.72. The van der Waals surface area contributed by atoms with Gasteiger partial charge in [0, 0.05) is 31.0 Å². The minimum atomic E-state index is 0.658. The van der Waals surface area contributed by atoms with Crippen LogP contribution in [0.15, 0.2) is 18.3 Å². The van der Waals surface area contributed by atoms with Gasteiger partial charge in [0.15, 0.2) is 0 Å². The Hall–Kier alpha value is -0.800. The number of aryl methyl sites for hydroxylation is 1. The van der Waals surface area contributed by atoms with E-state index in [1.165, 1.54) is 25.1 Å². The summed E-state index contributed by atoms with van der Waals surface area (Å²) in [5.41, 5.74) is 1.39. The van der Waals surface area contributed by atoms with Crippen molar-refractivity contribution in [3.8, 4) is 0 Å². The van der Waals surface area contributed by atoms with Crippen LogP contribution in [0.3, 0.4) is 0 Å². The largest absolute Gasteiger partial charge is 0.351 e. The minimum Gasteiger partial charge on any atom is -0.351 e. The quantitative estimate of drug-likeness (QED) is 0.681. The van der Waals surface area contributed by atoms with Crippen LogP contribution in [0.5, 0.6) is 0 Å². The van der Waals surface area contributed by atoms with Crippen molar-refractivity contribution in [2.24, 2.45) is 0 Å². The molecule has 18 heavy (non-hydrogen) atoms. The second kappa shape index (κ2) is 8.33. The third-order valence-corrected chi connectivity index (χ3v) is 3.57. The molecule has 0 atom stereocenters. The molecule has 3 heteroatoms. The van der Waals surface area contributed by atoms with Crippen LogP contribution in [0.4, 0.5) is 0 Å². The van der Waals surface area contributed by atoms with Gasteiger partial charge in [-0.25, -0.2) is 0 Å². The Balaban J connectivity index is 2.05. The lowest BCUT2D eigenvalue weighted by Crippen LogP contribution is -2.27. The van der Waals surface area contributed by atoms with E-state index < -0.39 is 0 Å². The number of hydrogen-bond acceptors (Lipinski definition) is 2. The van der Waals surface area contributed by atoms with Crippen molar-refractivity contribution in [1.82, 2.24) is 14.8 Å². The highest BCUT2D eigenvalue weighted by Gasteiger charge is 2.02. The van der Waals surface area contributed by atoms with Crippen molar-refractivity contribution in [2.75, 3.05) is 20.1 Å². The molecule has 0 aliphatic carbocycles. The zero-order valence-corrected chi connectivity index (χ0v) is 12.4. The van der Waals surface area contributed by atoms with Crippen molar-refractivity contribution in [3.05, 3.63) is 24.0 Å². The Morgan fingerprint density at radius 1 is 1.33 bits per heavy atom. The zero-order valence-electron chi connectivity index (χ0n) is 12.4. The number of rotatable bonds is 9. The average Bonchev–Trinajstić information content (AvgIpc) is 2.80. The standard InChI is InChI=1S/C15H29N3/c1-5-18-12-8-9-15(18)13-16-10-6-7-11-17(4)14(2)3/h8-9,12,14,16H,5-7,10-11,13H2,1-4H3. The van der Waals surface area contributed by atoms with Gasteiger partial charge in [-0.2, -0.15) is 0 Å². The second-order valence-electron chi connectivity index (χ2n) is 5.24. The van der Waals surface area contributed by atoms with E-state index in [1.54, 1.807) is 0 Å². The van der Waals surface area contributed by atoms with Gasteiger partial charge >= 0.3 is 0 Å². The molecule has 0 aliphatic heterocycles. The van der Waals surface area contributed by atoms with E-state index in [0.29, 0.717) is 6.04 Å². The van der Waals surface area contributed by atoms with Gasteiger partial charge in [0.1, 0.15) is 0 Å². The van der Waals surface area contributed by atoms with E-state index in [9.17, 15) is 0 Å². The van der Waals surface area contributed by atoms with Gasteiger partial charge in [0.2, 0.25) is 0 Å². The molecule has 1 heterocycles. The number of nitrogens with zero attached hydrogens (tertiary/aromatic N) is 2. The van der Waals surface area contributed by atoms with Crippen LogP contribution >= 0.6 is 0 Å². The van der Waals surface area contributed by atoms with Crippen molar-refractivity contribution >= 4 is 0 Å². The van der Waals surface area contributed by atoms with E-state index in [2.05, 4.69) is 60.9 Å². The van der Waals surface area contributed by atoms with E-state index in [4.69, 9.17) is 0 Å². The van der Waals surface area contributed by atoms with Gasteiger partial charge in [-0.15, -0.1) is 0 Å². The SMILES string of the molecule is CCn1cccc1CNCCCCN(C)C(C)C. The maximum Gasteiger partial charge on any atom is 0.0359 e. The number of unbranched alkanes of at least 4 members (excludes halogenated alkanes) is 1. The van der Waals surface area contributed by atoms with Gasteiger partial charge in [-0.05, 0) is 65.9 Å². The lowest BCUT2D eigenvalue weighted by molar-refractivity contribution is 0.268. The Kier molecular flexibility index (Phi) is 7.06. The van der Waals surface area contributed by atoms with Crippen LogP contribution in [-0.4, -0.2) is 35.6 Å². The topological polar surface area (TPSA) is 20.2 Å². The summed E-state index contributed by atoms with van der Waals surface area (Å²) >= 11 is 0. The Morgan fingerprint density at radius 2 is 2.11 bits per heavy atom. The van der Waals surface area contributed by atoms with Crippen LogP contribution in [0.25, 0.3) is 0 Å². The van der Waals surface area contributed by atoms with Crippen LogP contribution in [0.2, 0.25) is 0 Å². The fourth-order valence-corrected chi connectivity index (χ4v) is 2.00. The minimum absolute atomic E-state index is 0.658. The maximum atomic E-state index is 3.53. The number of aromatic nitrogens is 1. The molecule has 0 radical (unpaired) electrons. The molecule has 0 amide bonds. The molecule has 0 spiro atoms. The molecule has 0 aromatic carbocycles. The van der Waals surface area contributed by atoms with E-state index in [1.807, 2.05) is 0 Å². The van der Waals surface area contributed by atoms with Gasteiger partial charge in [-0.3, -0.25) is 0 Å². The van der Waals surface area contributed by atoms with Gasteiger partial charge in [-0.1, -0.05) is 0 Å². The molecule has 104 valence electrons. The van der Waals surface area contributed by atoms with Gasteiger partial charge in [0.25, 0.3) is 0 Å². The maximum absolute atomic E-state index is 3.53. The molecule has 0 aliphatic rings. The average molecular weight is 251 g/mol. The summed E-state index contributed by atoms with van der Waals surface area (Å²) in [5.74, 6) is 0. The highest BCUT2D eigenvalue weighted by molar-refractivity contribution is 5.06. The van der Waals surface area contributed by atoms with E-state index in [-0.39, 0.29) is 0 Å². The fraction of sp³-hybridized carbons (Fsp3) is 0.733. The summed E-state index contributed by atoms with van der Waals surface area (Å²) in [7, 11) is 2.20. The molecule has 0 fully saturated rings. The first kappa shape index (κ1) is 15.3. The Labute approximate surface area is 112 Å². The normalized spacial score (nSPS) is 11.7. The monoisotopic (exact) mass is 251 g/mol. The fourth-order valence-electron chi connectivity index (χ4n) is 2.00. The lowest BCUT2D eigenvalue weighted by Gasteiger charge is -2.20. The van der Waals surface area contributed by atoms with Crippen LogP contribution in [-0.2, 0) is 13.1 Å². The summed E-state index contributed by atoms with van der Waals surface area (Å²) in [5, 5.41) is 3.53. The van der Waals surface area contributed by atoms with Crippen molar-refractivity contribution in [2.45, 2.75) is 52.7 Å². The third-order valence-electron chi connectivity index (χ3n) is 3.57. The summed E-state index contributed by atoms with van der Waals surface area (Å²) in [6, 6.07) is 4.98. The van der Waals surface area contributed by atoms with Crippen LogP contribution in [0, 0.1) is 0 Å². The molecule has 1 N–H and O–H groups in total. The van der Waals surface area contributed by atoms with Crippen LogP contribution in [0.1, 0.15) is 39.3 Å². The second-order valence-corrected chi connectivity index (χ2v) is 5.24. The molecule has 1 aromatic rings. The molecule has 0 unspecified atom stereocenters. The van der Waals surface area contributed by atoms with E-state index >= 15 is 0 Å². The first-order valence-electron chi connectivity index (χ1n) is 7.20. The molecule has 0 saturated carbocycles. The zero-order chi connectivity index (χ0) is 13.4. The lowest BCUT2D eigenvalue weighted by atomic mass is 10.2. The molecule has 0 bridgehead atoms. The summed E-state index contributed by atoms with van der Waals surface area (Å²) < 4.78 is 2.29. The Morgan fingerprint density at radius 3 is 2.78 bits per heavy atom.